The number of halogens is 2. The van der Waals surface area contributed by atoms with Crippen molar-refractivity contribution in [2.75, 3.05) is 7.05 Å². The van der Waals surface area contributed by atoms with Crippen molar-refractivity contribution >= 4 is 11.6 Å². The van der Waals surface area contributed by atoms with Crippen LogP contribution in [0.15, 0.2) is 18.2 Å². The van der Waals surface area contributed by atoms with Gasteiger partial charge in [0, 0.05) is 11.1 Å². The molecule has 0 bridgehead atoms. The average Bonchev–Trinajstić information content (AvgIpc) is 2.19. The first-order chi connectivity index (χ1) is 7.81. The normalized spacial score (nSPS) is 13.8. The lowest BCUT2D eigenvalue weighted by Gasteiger charge is -2.26. The molecule has 1 rings (SSSR count). The van der Waals surface area contributed by atoms with Crippen molar-refractivity contribution in [1.29, 1.82) is 0 Å². The van der Waals surface area contributed by atoms with Crippen LogP contribution >= 0.6 is 11.6 Å². The Balaban J connectivity index is 2.74. The van der Waals surface area contributed by atoms with E-state index in [2.05, 4.69) is 26.1 Å². The summed E-state index contributed by atoms with van der Waals surface area (Å²) in [4.78, 5) is 0. The summed E-state index contributed by atoms with van der Waals surface area (Å²) in [6, 6.07) is 5.17. The third-order valence-electron chi connectivity index (χ3n) is 2.75. The van der Waals surface area contributed by atoms with Crippen LogP contribution in [0.2, 0.25) is 5.02 Å². The van der Waals surface area contributed by atoms with E-state index in [1.54, 1.807) is 12.1 Å². The molecule has 96 valence electrons. The van der Waals surface area contributed by atoms with Crippen LogP contribution in [0.3, 0.4) is 0 Å². The van der Waals surface area contributed by atoms with Gasteiger partial charge in [0.2, 0.25) is 0 Å². The molecule has 1 N–H and O–H groups in total. The van der Waals surface area contributed by atoms with E-state index < -0.39 is 0 Å². The quantitative estimate of drug-likeness (QED) is 0.858. The predicted octanol–water partition coefficient (Wildman–Crippen LogP) is 4.05. The third kappa shape index (κ3) is 5.05. The zero-order chi connectivity index (χ0) is 13.1. The molecule has 0 radical (unpaired) electrons. The molecule has 0 aliphatic heterocycles. The van der Waals surface area contributed by atoms with Crippen LogP contribution in [-0.4, -0.2) is 13.1 Å². The fourth-order valence-corrected chi connectivity index (χ4v) is 2.13. The van der Waals surface area contributed by atoms with Gasteiger partial charge in [-0.05, 0) is 43.0 Å². The Morgan fingerprint density at radius 3 is 2.47 bits per heavy atom. The number of benzene rings is 1. The van der Waals surface area contributed by atoms with E-state index in [9.17, 15) is 4.39 Å². The van der Waals surface area contributed by atoms with Gasteiger partial charge < -0.3 is 5.32 Å². The van der Waals surface area contributed by atoms with Crippen molar-refractivity contribution < 1.29 is 4.39 Å². The summed E-state index contributed by atoms with van der Waals surface area (Å²) in [5, 5.41) is 3.70. The van der Waals surface area contributed by atoms with Gasteiger partial charge >= 0.3 is 0 Å². The summed E-state index contributed by atoms with van der Waals surface area (Å²) >= 11 is 5.74. The molecule has 0 amide bonds. The molecule has 0 spiro atoms. The second-order valence-electron chi connectivity index (χ2n) is 5.69. The van der Waals surface area contributed by atoms with Crippen molar-refractivity contribution in [3.05, 3.63) is 34.6 Å². The van der Waals surface area contributed by atoms with Crippen LogP contribution in [0, 0.1) is 11.2 Å². The first-order valence-corrected chi connectivity index (χ1v) is 6.31. The van der Waals surface area contributed by atoms with Gasteiger partial charge in [-0.15, -0.1) is 0 Å². The van der Waals surface area contributed by atoms with E-state index in [0.29, 0.717) is 11.4 Å². The van der Waals surface area contributed by atoms with E-state index in [1.807, 2.05) is 7.05 Å². The maximum absolute atomic E-state index is 13.7. The van der Waals surface area contributed by atoms with Crippen molar-refractivity contribution in [2.45, 2.75) is 39.7 Å². The number of hydrogen-bond donors (Lipinski definition) is 1. The minimum atomic E-state index is -0.216. The Bertz CT molecular complexity index is 371. The van der Waals surface area contributed by atoms with Crippen molar-refractivity contribution in [2.24, 2.45) is 5.41 Å². The molecule has 0 aliphatic carbocycles. The first-order valence-electron chi connectivity index (χ1n) is 5.93. The molecule has 0 fully saturated rings. The van der Waals surface area contributed by atoms with Crippen LogP contribution in [0.4, 0.5) is 4.39 Å². The first kappa shape index (κ1) is 14.5. The van der Waals surface area contributed by atoms with Gasteiger partial charge in [0.05, 0.1) is 0 Å². The lowest BCUT2D eigenvalue weighted by atomic mass is 9.86. The molecular formula is C14H21ClFN. The highest BCUT2D eigenvalue weighted by Crippen LogP contribution is 2.23. The van der Waals surface area contributed by atoms with Crippen molar-refractivity contribution in [3.8, 4) is 0 Å². The molecule has 1 nitrogen and oxygen atoms in total. The SMILES string of the molecule is CNC(Cc1ccc(Cl)cc1F)CC(C)(C)C. The van der Waals surface area contributed by atoms with Crippen LogP contribution in [0.1, 0.15) is 32.8 Å². The van der Waals surface area contributed by atoms with E-state index >= 15 is 0 Å². The van der Waals surface area contributed by atoms with Crippen LogP contribution in [0.5, 0.6) is 0 Å². The highest BCUT2D eigenvalue weighted by molar-refractivity contribution is 6.30. The third-order valence-corrected chi connectivity index (χ3v) is 2.98. The molecule has 1 aromatic carbocycles. The summed E-state index contributed by atoms with van der Waals surface area (Å²) in [5.41, 5.74) is 0.953. The van der Waals surface area contributed by atoms with Crippen LogP contribution < -0.4 is 5.32 Å². The highest BCUT2D eigenvalue weighted by atomic mass is 35.5. The summed E-state index contributed by atoms with van der Waals surface area (Å²) in [7, 11) is 1.92. The zero-order valence-corrected chi connectivity index (χ0v) is 11.7. The molecule has 1 unspecified atom stereocenters. The Morgan fingerprint density at radius 2 is 2.00 bits per heavy atom. The smallest absolute Gasteiger partial charge is 0.127 e. The van der Waals surface area contributed by atoms with Gasteiger partial charge in [0.25, 0.3) is 0 Å². The minimum absolute atomic E-state index is 0.216. The number of nitrogens with one attached hydrogen (secondary N) is 1. The maximum Gasteiger partial charge on any atom is 0.127 e. The molecule has 1 atom stereocenters. The van der Waals surface area contributed by atoms with Crippen LogP contribution in [-0.2, 0) is 6.42 Å². The Morgan fingerprint density at radius 1 is 1.35 bits per heavy atom. The van der Waals surface area contributed by atoms with Gasteiger partial charge in [-0.2, -0.15) is 0 Å². The van der Waals surface area contributed by atoms with Gasteiger partial charge in [-0.25, -0.2) is 4.39 Å². The Hall–Kier alpha value is -0.600. The standard InChI is InChI=1S/C14H21ClFN/c1-14(2,3)9-12(17-4)7-10-5-6-11(15)8-13(10)16/h5-6,8,12,17H,7,9H2,1-4H3. The number of hydrogen-bond acceptors (Lipinski definition) is 1. The lowest BCUT2D eigenvalue weighted by molar-refractivity contribution is 0.314. The molecule has 0 aromatic heterocycles. The molecule has 0 heterocycles. The van der Waals surface area contributed by atoms with Crippen molar-refractivity contribution in [1.82, 2.24) is 5.32 Å². The topological polar surface area (TPSA) is 12.0 Å². The largest absolute Gasteiger partial charge is 0.317 e. The fourth-order valence-electron chi connectivity index (χ4n) is 1.97. The second-order valence-corrected chi connectivity index (χ2v) is 6.13. The Kier molecular flexibility index (Phi) is 4.96. The molecule has 0 saturated carbocycles. The molecule has 17 heavy (non-hydrogen) atoms. The van der Waals surface area contributed by atoms with Gasteiger partial charge in [-0.1, -0.05) is 38.4 Å². The van der Waals surface area contributed by atoms with E-state index in [1.165, 1.54) is 6.07 Å². The van der Waals surface area contributed by atoms with Crippen LogP contribution in [0.25, 0.3) is 0 Å². The summed E-state index contributed by atoms with van der Waals surface area (Å²) in [6.45, 7) is 6.57. The van der Waals surface area contributed by atoms with E-state index in [0.717, 1.165) is 12.0 Å². The van der Waals surface area contributed by atoms with Crippen molar-refractivity contribution in [3.63, 3.8) is 0 Å². The molecule has 0 aliphatic rings. The van der Waals surface area contributed by atoms with E-state index in [4.69, 9.17) is 11.6 Å². The van der Waals surface area contributed by atoms with E-state index in [-0.39, 0.29) is 17.3 Å². The van der Waals surface area contributed by atoms with Gasteiger partial charge in [0.15, 0.2) is 0 Å². The summed E-state index contributed by atoms with van der Waals surface area (Å²) in [6.07, 6.45) is 1.70. The molecule has 3 heteroatoms. The maximum atomic E-state index is 13.7. The molecule has 1 aromatic rings. The summed E-state index contributed by atoms with van der Waals surface area (Å²) in [5.74, 6) is -0.216. The average molecular weight is 258 g/mol. The predicted molar refractivity (Wildman–Crippen MR) is 72.0 cm³/mol. The minimum Gasteiger partial charge on any atom is -0.317 e. The fraction of sp³-hybridized carbons (Fsp3) is 0.571. The van der Waals surface area contributed by atoms with Gasteiger partial charge in [-0.3, -0.25) is 0 Å². The second kappa shape index (κ2) is 5.83. The lowest BCUT2D eigenvalue weighted by Crippen LogP contribution is -2.32. The zero-order valence-electron chi connectivity index (χ0n) is 11.0. The summed E-state index contributed by atoms with van der Waals surface area (Å²) < 4.78 is 13.7. The number of rotatable bonds is 4. The molecule has 0 saturated heterocycles. The number of likely N-dealkylation sites (N-methyl/N-ethyl adjacent to an activating group) is 1. The monoisotopic (exact) mass is 257 g/mol. The van der Waals surface area contributed by atoms with Gasteiger partial charge in [0.1, 0.15) is 5.82 Å². The Labute approximate surface area is 108 Å². The molecular weight excluding hydrogens is 237 g/mol. The highest BCUT2D eigenvalue weighted by Gasteiger charge is 2.18.